The van der Waals surface area contributed by atoms with Gasteiger partial charge in [-0.3, -0.25) is 0 Å². The highest BCUT2D eigenvalue weighted by molar-refractivity contribution is 7.10. The van der Waals surface area contributed by atoms with E-state index in [1.54, 1.807) is 11.3 Å². The lowest BCUT2D eigenvalue weighted by molar-refractivity contribution is 0.546. The van der Waals surface area contributed by atoms with Gasteiger partial charge in [-0.25, -0.2) is 0 Å². The van der Waals surface area contributed by atoms with Crippen LogP contribution >= 0.6 is 11.3 Å². The van der Waals surface area contributed by atoms with E-state index in [2.05, 4.69) is 31.4 Å². The molecule has 0 aliphatic rings. The first kappa shape index (κ1) is 14.7. The smallest absolute Gasteiger partial charge is 0.136 e. The fraction of sp³-hybridized carbons (Fsp3) is 0.222. The number of fused-ring (bicyclic) bond motifs is 1. The van der Waals surface area contributed by atoms with E-state index in [1.807, 2.05) is 18.2 Å². The molecule has 3 aromatic rings. The number of benzene rings is 1. The van der Waals surface area contributed by atoms with Crippen LogP contribution in [0, 0.1) is 13.8 Å². The average molecular weight is 312 g/mol. The molecule has 0 amide bonds. The molecule has 22 heavy (non-hydrogen) atoms. The van der Waals surface area contributed by atoms with Gasteiger partial charge in [-0.15, -0.1) is 11.3 Å². The van der Waals surface area contributed by atoms with Crippen LogP contribution in [0.2, 0.25) is 0 Å². The molecule has 114 valence electrons. The maximum absolute atomic E-state index is 6.16. The van der Waals surface area contributed by atoms with Crippen LogP contribution in [-0.2, 0) is 6.42 Å². The number of allylic oxidation sites excluding steroid dienone is 1. The Labute approximate surface area is 134 Å². The fourth-order valence-corrected chi connectivity index (χ4v) is 3.50. The minimum absolute atomic E-state index is 0.772. The van der Waals surface area contributed by atoms with Gasteiger partial charge in [0, 0.05) is 39.2 Å². The van der Waals surface area contributed by atoms with Crippen LogP contribution in [0.15, 0.2) is 40.1 Å². The third-order valence-electron chi connectivity index (χ3n) is 3.99. The fourth-order valence-electron chi connectivity index (χ4n) is 2.77. The molecule has 0 fully saturated rings. The van der Waals surface area contributed by atoms with Crippen molar-refractivity contribution in [2.75, 3.05) is 5.73 Å². The maximum atomic E-state index is 6.16. The van der Waals surface area contributed by atoms with Crippen molar-refractivity contribution < 1.29 is 4.42 Å². The number of hydrogen-bond acceptors (Lipinski definition) is 4. The lowest BCUT2D eigenvalue weighted by Gasteiger charge is -2.01. The summed E-state index contributed by atoms with van der Waals surface area (Å²) in [5.41, 5.74) is 16.9. The first-order chi connectivity index (χ1) is 10.6. The Morgan fingerprint density at radius 3 is 2.77 bits per heavy atom. The summed E-state index contributed by atoms with van der Waals surface area (Å²) in [6.07, 6.45) is 3.75. The Balaban J connectivity index is 1.79. The monoisotopic (exact) mass is 312 g/mol. The number of rotatable bonds is 4. The zero-order valence-corrected chi connectivity index (χ0v) is 13.7. The highest BCUT2D eigenvalue weighted by Crippen LogP contribution is 2.30. The average Bonchev–Trinajstić information content (AvgIpc) is 3.04. The molecule has 3 rings (SSSR count). The minimum Gasteiger partial charge on any atom is -0.461 e. The molecule has 3 nitrogen and oxygen atoms in total. The molecular formula is C18H20N2OS. The standard InChI is InChI=1S/C18H20N2OS/c1-11-16(21-17-8-4-6-15(20)18(11)17)7-3-5-14(19)13-9-10-22-12(13)2/h4-6,8-10H,3,7,19-20H2,1-2H3/b14-5+. The topological polar surface area (TPSA) is 65.2 Å². The molecule has 0 atom stereocenters. The van der Waals surface area contributed by atoms with Gasteiger partial charge in [0.15, 0.2) is 0 Å². The summed E-state index contributed by atoms with van der Waals surface area (Å²) in [7, 11) is 0. The van der Waals surface area contributed by atoms with E-state index < -0.39 is 0 Å². The third kappa shape index (κ3) is 2.62. The van der Waals surface area contributed by atoms with Crippen LogP contribution in [0.5, 0.6) is 0 Å². The highest BCUT2D eigenvalue weighted by Gasteiger charge is 2.12. The van der Waals surface area contributed by atoms with E-state index in [9.17, 15) is 0 Å². The van der Waals surface area contributed by atoms with Gasteiger partial charge in [-0.2, -0.15) is 0 Å². The van der Waals surface area contributed by atoms with Crippen LogP contribution < -0.4 is 11.5 Å². The largest absolute Gasteiger partial charge is 0.461 e. The van der Waals surface area contributed by atoms with Gasteiger partial charge < -0.3 is 15.9 Å². The maximum Gasteiger partial charge on any atom is 0.136 e. The molecule has 2 heterocycles. The number of anilines is 1. The summed E-state index contributed by atoms with van der Waals surface area (Å²) < 4.78 is 5.93. The van der Waals surface area contributed by atoms with Crippen molar-refractivity contribution >= 4 is 33.7 Å². The van der Waals surface area contributed by atoms with Gasteiger partial charge in [0.2, 0.25) is 0 Å². The lowest BCUT2D eigenvalue weighted by atomic mass is 10.1. The van der Waals surface area contributed by atoms with Crippen LogP contribution in [-0.4, -0.2) is 0 Å². The first-order valence-electron chi connectivity index (χ1n) is 7.34. The molecule has 4 heteroatoms. The molecule has 0 saturated heterocycles. The second-order valence-corrected chi connectivity index (χ2v) is 6.58. The van der Waals surface area contributed by atoms with Crippen molar-refractivity contribution in [1.29, 1.82) is 0 Å². The van der Waals surface area contributed by atoms with Crippen molar-refractivity contribution in [3.8, 4) is 0 Å². The van der Waals surface area contributed by atoms with Crippen molar-refractivity contribution in [2.24, 2.45) is 5.73 Å². The number of furan rings is 1. The van der Waals surface area contributed by atoms with E-state index in [-0.39, 0.29) is 0 Å². The number of thiophene rings is 1. The van der Waals surface area contributed by atoms with Crippen LogP contribution in [0.1, 0.15) is 28.2 Å². The molecule has 0 bridgehead atoms. The van der Waals surface area contributed by atoms with E-state index in [4.69, 9.17) is 15.9 Å². The molecule has 0 radical (unpaired) electrons. The van der Waals surface area contributed by atoms with E-state index >= 15 is 0 Å². The summed E-state index contributed by atoms with van der Waals surface area (Å²) in [5, 5.41) is 3.10. The van der Waals surface area contributed by atoms with Crippen molar-refractivity contribution in [3.63, 3.8) is 0 Å². The molecule has 0 aliphatic heterocycles. The predicted molar refractivity (Wildman–Crippen MR) is 94.9 cm³/mol. The molecule has 2 aromatic heterocycles. The zero-order chi connectivity index (χ0) is 15.7. The molecule has 0 aliphatic carbocycles. The van der Waals surface area contributed by atoms with Gasteiger partial charge in [0.1, 0.15) is 11.3 Å². The number of nitrogen functional groups attached to an aromatic ring is 1. The van der Waals surface area contributed by atoms with Crippen molar-refractivity contribution in [2.45, 2.75) is 26.7 Å². The first-order valence-corrected chi connectivity index (χ1v) is 8.22. The lowest BCUT2D eigenvalue weighted by Crippen LogP contribution is -1.96. The Bertz CT molecular complexity index is 842. The summed E-state index contributed by atoms with van der Waals surface area (Å²) in [5.74, 6) is 0.985. The van der Waals surface area contributed by atoms with Gasteiger partial charge >= 0.3 is 0 Å². The van der Waals surface area contributed by atoms with E-state index in [0.29, 0.717) is 0 Å². The number of hydrogen-bond donors (Lipinski definition) is 2. The molecule has 0 unspecified atom stereocenters. The van der Waals surface area contributed by atoms with Crippen LogP contribution in [0.3, 0.4) is 0 Å². The summed E-state index contributed by atoms with van der Waals surface area (Å²) in [6.45, 7) is 4.15. The number of aryl methyl sites for hydroxylation is 3. The Kier molecular flexibility index (Phi) is 3.94. The van der Waals surface area contributed by atoms with Crippen LogP contribution in [0.25, 0.3) is 16.7 Å². The molecule has 4 N–H and O–H groups in total. The van der Waals surface area contributed by atoms with Gasteiger partial charge in [-0.1, -0.05) is 12.1 Å². The van der Waals surface area contributed by atoms with Gasteiger partial charge in [0.05, 0.1) is 0 Å². The second-order valence-electron chi connectivity index (χ2n) is 5.46. The molecule has 0 saturated carbocycles. The number of nitrogens with two attached hydrogens (primary N) is 2. The summed E-state index contributed by atoms with van der Waals surface area (Å²) in [6, 6.07) is 7.85. The van der Waals surface area contributed by atoms with Crippen molar-refractivity contribution in [1.82, 2.24) is 0 Å². The van der Waals surface area contributed by atoms with Gasteiger partial charge in [-0.05, 0) is 43.8 Å². The van der Waals surface area contributed by atoms with Crippen LogP contribution in [0.4, 0.5) is 5.69 Å². The third-order valence-corrected chi connectivity index (χ3v) is 4.84. The van der Waals surface area contributed by atoms with Gasteiger partial charge in [0.25, 0.3) is 0 Å². The molecule has 1 aromatic carbocycles. The quantitative estimate of drug-likeness (QED) is 0.690. The Morgan fingerprint density at radius 1 is 1.27 bits per heavy atom. The molecule has 0 spiro atoms. The second kappa shape index (κ2) is 5.89. The Hall–Kier alpha value is -2.20. The minimum atomic E-state index is 0.772. The summed E-state index contributed by atoms with van der Waals surface area (Å²) >= 11 is 1.72. The predicted octanol–water partition coefficient (Wildman–Crippen LogP) is 4.63. The molecular weight excluding hydrogens is 292 g/mol. The normalized spacial score (nSPS) is 12.2. The highest BCUT2D eigenvalue weighted by atomic mass is 32.1. The zero-order valence-electron chi connectivity index (χ0n) is 12.8. The van der Waals surface area contributed by atoms with Crippen molar-refractivity contribution in [3.05, 3.63) is 57.5 Å². The van der Waals surface area contributed by atoms with E-state index in [0.717, 1.165) is 52.1 Å². The SMILES string of the molecule is Cc1sccc1/C(N)=C\CCc1oc2cccc(N)c2c1C. The Morgan fingerprint density at radius 2 is 2.09 bits per heavy atom. The van der Waals surface area contributed by atoms with E-state index in [1.165, 1.54) is 4.88 Å². The summed E-state index contributed by atoms with van der Waals surface area (Å²) in [4.78, 5) is 1.25.